The van der Waals surface area contributed by atoms with Crippen molar-refractivity contribution in [2.24, 2.45) is 0 Å². The quantitative estimate of drug-likeness (QED) is 0.865. The SMILES string of the molecule is CN1C(=O)c2cccc(O)c2/C1=C/c1ccccc1Br. The summed E-state index contributed by atoms with van der Waals surface area (Å²) in [5.41, 5.74) is 2.79. The summed E-state index contributed by atoms with van der Waals surface area (Å²) < 4.78 is 0.942. The van der Waals surface area contributed by atoms with Crippen molar-refractivity contribution in [2.45, 2.75) is 0 Å². The Balaban J connectivity index is 2.22. The van der Waals surface area contributed by atoms with Crippen molar-refractivity contribution in [1.29, 1.82) is 0 Å². The Kier molecular flexibility index (Phi) is 3.10. The van der Waals surface area contributed by atoms with Crippen LogP contribution in [0.1, 0.15) is 21.5 Å². The van der Waals surface area contributed by atoms with Crippen molar-refractivity contribution >= 4 is 33.6 Å². The maximum absolute atomic E-state index is 12.2. The predicted octanol–water partition coefficient (Wildman–Crippen LogP) is 3.74. The first-order valence-corrected chi connectivity index (χ1v) is 6.95. The second-order valence-electron chi connectivity index (χ2n) is 4.61. The molecule has 1 aliphatic rings. The molecule has 0 aromatic heterocycles. The summed E-state index contributed by atoms with van der Waals surface area (Å²) in [6.45, 7) is 0. The number of nitrogens with zero attached hydrogens (tertiary/aromatic N) is 1. The Morgan fingerprint density at radius 2 is 1.90 bits per heavy atom. The molecule has 4 heteroatoms. The predicted molar refractivity (Wildman–Crippen MR) is 82.2 cm³/mol. The first-order valence-electron chi connectivity index (χ1n) is 6.16. The molecule has 0 fully saturated rings. The molecule has 0 saturated heterocycles. The standard InChI is InChI=1S/C16H12BrNO2/c1-18-13(9-10-5-2-3-7-12(10)17)15-11(16(18)20)6-4-8-14(15)19/h2-9,19H,1H3/b13-9-. The van der Waals surface area contributed by atoms with Gasteiger partial charge in [-0.1, -0.05) is 40.2 Å². The number of amides is 1. The fourth-order valence-electron chi connectivity index (χ4n) is 2.35. The van der Waals surface area contributed by atoms with E-state index in [1.165, 1.54) is 0 Å². The largest absolute Gasteiger partial charge is 0.507 e. The van der Waals surface area contributed by atoms with Crippen LogP contribution < -0.4 is 0 Å². The van der Waals surface area contributed by atoms with Gasteiger partial charge in [0.2, 0.25) is 0 Å². The van der Waals surface area contributed by atoms with Gasteiger partial charge in [0.15, 0.2) is 0 Å². The molecule has 0 atom stereocenters. The van der Waals surface area contributed by atoms with Crippen molar-refractivity contribution in [3.05, 3.63) is 63.6 Å². The van der Waals surface area contributed by atoms with E-state index in [4.69, 9.17) is 0 Å². The molecule has 1 heterocycles. The summed E-state index contributed by atoms with van der Waals surface area (Å²) >= 11 is 3.49. The monoisotopic (exact) mass is 329 g/mol. The highest BCUT2D eigenvalue weighted by atomic mass is 79.9. The zero-order valence-electron chi connectivity index (χ0n) is 10.8. The number of hydrogen-bond acceptors (Lipinski definition) is 2. The second-order valence-corrected chi connectivity index (χ2v) is 5.47. The van der Waals surface area contributed by atoms with E-state index in [2.05, 4.69) is 15.9 Å². The molecule has 1 amide bonds. The van der Waals surface area contributed by atoms with Gasteiger partial charge in [-0.05, 0) is 29.8 Å². The highest BCUT2D eigenvalue weighted by Gasteiger charge is 2.31. The van der Waals surface area contributed by atoms with Gasteiger partial charge in [0, 0.05) is 11.5 Å². The van der Waals surface area contributed by atoms with Gasteiger partial charge in [0.25, 0.3) is 5.91 Å². The Hall–Kier alpha value is -2.07. The summed E-state index contributed by atoms with van der Waals surface area (Å²) in [4.78, 5) is 13.8. The van der Waals surface area contributed by atoms with Crippen LogP contribution in [-0.4, -0.2) is 23.0 Å². The van der Waals surface area contributed by atoms with Crippen LogP contribution in [0, 0.1) is 0 Å². The normalized spacial score (nSPS) is 15.8. The van der Waals surface area contributed by atoms with Crippen LogP contribution in [0.5, 0.6) is 5.75 Å². The summed E-state index contributed by atoms with van der Waals surface area (Å²) in [5, 5.41) is 10.1. The van der Waals surface area contributed by atoms with E-state index in [0.717, 1.165) is 10.0 Å². The van der Waals surface area contributed by atoms with Crippen molar-refractivity contribution in [3.63, 3.8) is 0 Å². The lowest BCUT2D eigenvalue weighted by Gasteiger charge is -2.12. The highest BCUT2D eigenvalue weighted by molar-refractivity contribution is 9.10. The fourth-order valence-corrected chi connectivity index (χ4v) is 2.75. The molecule has 0 spiro atoms. The maximum Gasteiger partial charge on any atom is 0.258 e. The van der Waals surface area contributed by atoms with Gasteiger partial charge < -0.3 is 10.0 Å². The second kappa shape index (κ2) is 4.80. The number of benzene rings is 2. The first kappa shape index (κ1) is 12.9. The lowest BCUT2D eigenvalue weighted by atomic mass is 10.1. The number of fused-ring (bicyclic) bond motifs is 1. The smallest absolute Gasteiger partial charge is 0.258 e. The van der Waals surface area contributed by atoms with Crippen LogP contribution in [0.3, 0.4) is 0 Å². The van der Waals surface area contributed by atoms with E-state index < -0.39 is 0 Å². The van der Waals surface area contributed by atoms with E-state index in [9.17, 15) is 9.90 Å². The Bertz CT molecular complexity index is 737. The Morgan fingerprint density at radius 3 is 2.65 bits per heavy atom. The number of phenols is 1. The molecule has 0 saturated carbocycles. The van der Waals surface area contributed by atoms with Gasteiger partial charge in [-0.25, -0.2) is 0 Å². The van der Waals surface area contributed by atoms with Crippen LogP contribution in [0.2, 0.25) is 0 Å². The topological polar surface area (TPSA) is 40.5 Å². The molecule has 0 radical (unpaired) electrons. The van der Waals surface area contributed by atoms with Gasteiger partial charge in [-0.3, -0.25) is 4.79 Å². The van der Waals surface area contributed by atoms with Crippen molar-refractivity contribution in [1.82, 2.24) is 4.90 Å². The van der Waals surface area contributed by atoms with Crippen LogP contribution in [-0.2, 0) is 0 Å². The zero-order chi connectivity index (χ0) is 14.3. The highest BCUT2D eigenvalue weighted by Crippen LogP contribution is 2.39. The minimum Gasteiger partial charge on any atom is -0.507 e. The Labute approximate surface area is 125 Å². The first-order chi connectivity index (χ1) is 9.59. The number of phenolic OH excluding ortho intramolecular Hbond substituents is 1. The number of aromatic hydroxyl groups is 1. The van der Waals surface area contributed by atoms with Gasteiger partial charge in [0.05, 0.1) is 16.8 Å². The summed E-state index contributed by atoms with van der Waals surface area (Å²) in [6.07, 6.45) is 1.90. The third-order valence-corrected chi connectivity index (χ3v) is 4.11. The molecule has 0 bridgehead atoms. The number of hydrogen-bond donors (Lipinski definition) is 1. The molecule has 1 aliphatic heterocycles. The van der Waals surface area contributed by atoms with Crippen molar-refractivity contribution in [2.75, 3.05) is 7.05 Å². The Morgan fingerprint density at radius 1 is 1.15 bits per heavy atom. The van der Waals surface area contributed by atoms with E-state index in [-0.39, 0.29) is 11.7 Å². The summed E-state index contributed by atoms with van der Waals surface area (Å²) in [5.74, 6) is 0.0210. The number of rotatable bonds is 1. The third-order valence-electron chi connectivity index (χ3n) is 3.39. The van der Waals surface area contributed by atoms with Gasteiger partial charge >= 0.3 is 0 Å². The third kappa shape index (κ3) is 1.93. The van der Waals surface area contributed by atoms with E-state index in [0.29, 0.717) is 16.8 Å². The summed E-state index contributed by atoms with van der Waals surface area (Å²) in [6, 6.07) is 12.8. The molecular weight excluding hydrogens is 318 g/mol. The van der Waals surface area contributed by atoms with Gasteiger partial charge in [-0.15, -0.1) is 0 Å². The van der Waals surface area contributed by atoms with Gasteiger partial charge in [0.1, 0.15) is 5.75 Å². The van der Waals surface area contributed by atoms with E-state index in [1.54, 1.807) is 30.1 Å². The van der Waals surface area contributed by atoms with Gasteiger partial charge in [-0.2, -0.15) is 0 Å². The summed E-state index contributed by atoms with van der Waals surface area (Å²) in [7, 11) is 1.71. The number of carbonyl (C=O) groups is 1. The average Bonchev–Trinajstić information content (AvgIpc) is 2.68. The van der Waals surface area contributed by atoms with Crippen LogP contribution >= 0.6 is 15.9 Å². The number of halogens is 1. The molecule has 0 aliphatic carbocycles. The average molecular weight is 330 g/mol. The fraction of sp³-hybridized carbons (Fsp3) is 0.0625. The number of carbonyl (C=O) groups excluding carboxylic acids is 1. The minimum atomic E-state index is -0.103. The molecule has 0 unspecified atom stereocenters. The van der Waals surface area contributed by atoms with Crippen LogP contribution in [0.15, 0.2) is 46.9 Å². The molecule has 100 valence electrons. The van der Waals surface area contributed by atoms with E-state index >= 15 is 0 Å². The lowest BCUT2D eigenvalue weighted by Crippen LogP contribution is -2.16. The lowest BCUT2D eigenvalue weighted by molar-refractivity contribution is 0.0875. The van der Waals surface area contributed by atoms with E-state index in [1.807, 2.05) is 30.3 Å². The molecule has 2 aromatic carbocycles. The molecule has 2 aromatic rings. The zero-order valence-corrected chi connectivity index (χ0v) is 12.4. The maximum atomic E-state index is 12.2. The molecule has 1 N–H and O–H groups in total. The van der Waals surface area contributed by atoms with Crippen LogP contribution in [0.25, 0.3) is 11.8 Å². The molecule has 20 heavy (non-hydrogen) atoms. The van der Waals surface area contributed by atoms with Crippen molar-refractivity contribution < 1.29 is 9.90 Å². The minimum absolute atomic E-state index is 0.103. The molecular formula is C16H12BrNO2. The van der Waals surface area contributed by atoms with Crippen LogP contribution in [0.4, 0.5) is 0 Å². The van der Waals surface area contributed by atoms with Crippen molar-refractivity contribution in [3.8, 4) is 5.75 Å². The molecule has 3 nitrogen and oxygen atoms in total. The molecule has 3 rings (SSSR count).